The highest BCUT2D eigenvalue weighted by molar-refractivity contribution is 5.79. The number of rotatable bonds is 6. The number of anilines is 1. The molecular weight excluding hydrogens is 402 g/mol. The van der Waals surface area contributed by atoms with Crippen molar-refractivity contribution < 1.29 is 9.53 Å². The monoisotopic (exact) mass is 435 g/mol. The molecule has 0 radical (unpaired) electrons. The van der Waals surface area contributed by atoms with Crippen LogP contribution < -0.4 is 5.73 Å². The molecular formula is C25H33N5O2. The molecule has 2 saturated heterocycles. The Labute approximate surface area is 190 Å². The molecule has 0 saturated carbocycles. The van der Waals surface area contributed by atoms with Crippen molar-refractivity contribution in [3.05, 3.63) is 60.2 Å². The number of amides is 1. The van der Waals surface area contributed by atoms with Gasteiger partial charge in [0.05, 0.1) is 19.1 Å². The Morgan fingerprint density at radius 1 is 1.06 bits per heavy atom. The van der Waals surface area contributed by atoms with E-state index < -0.39 is 0 Å². The molecule has 0 atom stereocenters. The van der Waals surface area contributed by atoms with Crippen molar-refractivity contribution in [1.82, 2.24) is 19.8 Å². The first kappa shape index (κ1) is 22.3. The van der Waals surface area contributed by atoms with Gasteiger partial charge in [-0.25, -0.2) is 4.98 Å². The fraction of sp³-hybridized carbons (Fsp3) is 0.480. The van der Waals surface area contributed by atoms with Crippen LogP contribution in [0, 0.1) is 11.8 Å². The third-order valence-electron chi connectivity index (χ3n) is 6.64. The van der Waals surface area contributed by atoms with Gasteiger partial charge in [-0.1, -0.05) is 6.07 Å². The summed E-state index contributed by atoms with van der Waals surface area (Å²) in [4.78, 5) is 26.2. The van der Waals surface area contributed by atoms with Gasteiger partial charge in [-0.3, -0.25) is 14.7 Å². The highest BCUT2D eigenvalue weighted by atomic mass is 16.5. The van der Waals surface area contributed by atoms with E-state index in [-0.39, 0.29) is 5.92 Å². The number of carbonyl (C=O) groups is 1. The standard InChI is InChI=1S/C25H33N5O2/c1-32-18-22(23-4-2-3-10-27-23)20-8-14-30(15-9-20)25(31)21-6-12-29(13-7-21)17-19-5-11-28-24(26)16-19/h2-5,10-11,16,18,20-21H,6-9,12-15,17H2,1H3,(H2,26,28). The van der Waals surface area contributed by atoms with Gasteiger partial charge in [-0.05, 0) is 74.5 Å². The molecule has 2 N–H and O–H groups in total. The summed E-state index contributed by atoms with van der Waals surface area (Å²) >= 11 is 0. The lowest BCUT2D eigenvalue weighted by molar-refractivity contribution is -0.138. The van der Waals surface area contributed by atoms with E-state index in [0.717, 1.165) is 69.7 Å². The number of allylic oxidation sites excluding steroid dienone is 1. The number of hydrogen-bond acceptors (Lipinski definition) is 6. The maximum absolute atomic E-state index is 13.2. The van der Waals surface area contributed by atoms with Gasteiger partial charge in [0.2, 0.25) is 5.91 Å². The van der Waals surface area contributed by atoms with E-state index in [9.17, 15) is 4.79 Å². The first-order valence-corrected chi connectivity index (χ1v) is 11.5. The second kappa shape index (κ2) is 10.6. The minimum atomic E-state index is 0.134. The van der Waals surface area contributed by atoms with Crippen molar-refractivity contribution in [2.24, 2.45) is 11.8 Å². The van der Waals surface area contributed by atoms with E-state index in [4.69, 9.17) is 10.5 Å². The molecule has 1 amide bonds. The van der Waals surface area contributed by atoms with Gasteiger partial charge < -0.3 is 15.4 Å². The van der Waals surface area contributed by atoms with Crippen LogP contribution in [0.3, 0.4) is 0 Å². The summed E-state index contributed by atoms with van der Waals surface area (Å²) in [5, 5.41) is 0. The Bertz CT molecular complexity index is 917. The number of hydrogen-bond donors (Lipinski definition) is 1. The van der Waals surface area contributed by atoms with Crippen LogP contribution in [-0.4, -0.2) is 59.0 Å². The topological polar surface area (TPSA) is 84.6 Å². The molecule has 0 aliphatic carbocycles. The summed E-state index contributed by atoms with van der Waals surface area (Å²) in [6, 6.07) is 9.89. The molecule has 0 bridgehead atoms. The van der Waals surface area contributed by atoms with Crippen molar-refractivity contribution in [3.63, 3.8) is 0 Å². The molecule has 7 heteroatoms. The van der Waals surface area contributed by atoms with E-state index >= 15 is 0 Å². The fourth-order valence-electron chi connectivity index (χ4n) is 4.88. The molecule has 170 valence electrons. The average Bonchev–Trinajstić information content (AvgIpc) is 2.83. The summed E-state index contributed by atoms with van der Waals surface area (Å²) in [5.74, 6) is 1.38. The number of piperidine rings is 2. The second-order valence-electron chi connectivity index (χ2n) is 8.76. The Hall–Kier alpha value is -2.93. The molecule has 0 aromatic carbocycles. The van der Waals surface area contributed by atoms with Crippen molar-refractivity contribution in [3.8, 4) is 0 Å². The van der Waals surface area contributed by atoms with Crippen LogP contribution in [0.2, 0.25) is 0 Å². The molecule has 4 heterocycles. The number of nitrogens with two attached hydrogens (primary N) is 1. The van der Waals surface area contributed by atoms with Crippen LogP contribution in [-0.2, 0) is 16.1 Å². The predicted molar refractivity (Wildman–Crippen MR) is 125 cm³/mol. The molecule has 0 unspecified atom stereocenters. The number of aromatic nitrogens is 2. The van der Waals surface area contributed by atoms with Gasteiger partial charge in [0, 0.05) is 43.5 Å². The molecule has 2 aromatic rings. The lowest BCUT2D eigenvalue weighted by Gasteiger charge is -2.37. The number of pyridine rings is 2. The van der Waals surface area contributed by atoms with Gasteiger partial charge >= 0.3 is 0 Å². The maximum Gasteiger partial charge on any atom is 0.225 e. The smallest absolute Gasteiger partial charge is 0.225 e. The Morgan fingerprint density at radius 2 is 1.81 bits per heavy atom. The summed E-state index contributed by atoms with van der Waals surface area (Å²) in [7, 11) is 1.68. The van der Waals surface area contributed by atoms with Crippen LogP contribution in [0.5, 0.6) is 0 Å². The van der Waals surface area contributed by atoms with Gasteiger partial charge in [0.25, 0.3) is 0 Å². The fourth-order valence-corrected chi connectivity index (χ4v) is 4.88. The Balaban J connectivity index is 1.27. The van der Waals surface area contributed by atoms with Gasteiger partial charge in [0.15, 0.2) is 0 Å². The predicted octanol–water partition coefficient (Wildman–Crippen LogP) is 3.20. The van der Waals surface area contributed by atoms with Crippen molar-refractivity contribution in [2.45, 2.75) is 32.2 Å². The van der Waals surface area contributed by atoms with Crippen molar-refractivity contribution in [2.75, 3.05) is 39.0 Å². The number of nitrogen functional groups attached to an aromatic ring is 1. The Kier molecular flexibility index (Phi) is 7.37. The first-order valence-electron chi connectivity index (χ1n) is 11.5. The quantitative estimate of drug-likeness (QED) is 0.702. The lowest BCUT2D eigenvalue weighted by atomic mass is 9.86. The van der Waals surface area contributed by atoms with Gasteiger partial charge in [0.1, 0.15) is 5.82 Å². The number of ether oxygens (including phenoxy) is 1. The van der Waals surface area contributed by atoms with Crippen molar-refractivity contribution >= 4 is 17.3 Å². The normalized spacial score (nSPS) is 19.2. The summed E-state index contributed by atoms with van der Waals surface area (Å²) in [6.45, 7) is 4.34. The molecule has 32 heavy (non-hydrogen) atoms. The molecule has 2 aromatic heterocycles. The molecule has 2 aliphatic rings. The second-order valence-corrected chi connectivity index (χ2v) is 8.76. The zero-order valence-corrected chi connectivity index (χ0v) is 18.8. The van der Waals surface area contributed by atoms with Crippen LogP contribution in [0.1, 0.15) is 36.9 Å². The maximum atomic E-state index is 13.2. The minimum absolute atomic E-state index is 0.134. The minimum Gasteiger partial charge on any atom is -0.504 e. The average molecular weight is 436 g/mol. The van der Waals surface area contributed by atoms with E-state index in [1.54, 1.807) is 13.3 Å². The first-order chi connectivity index (χ1) is 15.6. The third kappa shape index (κ3) is 5.46. The molecule has 7 nitrogen and oxygen atoms in total. The van der Waals surface area contributed by atoms with Crippen LogP contribution in [0.15, 0.2) is 49.0 Å². The third-order valence-corrected chi connectivity index (χ3v) is 6.64. The number of likely N-dealkylation sites (tertiary alicyclic amines) is 2. The number of carbonyl (C=O) groups excluding carboxylic acids is 1. The highest BCUT2D eigenvalue weighted by Gasteiger charge is 2.32. The van der Waals surface area contributed by atoms with Crippen LogP contribution >= 0.6 is 0 Å². The largest absolute Gasteiger partial charge is 0.504 e. The summed E-state index contributed by atoms with van der Waals surface area (Å²) in [6.07, 6.45) is 9.11. The van der Waals surface area contributed by atoms with Gasteiger partial charge in [-0.2, -0.15) is 0 Å². The van der Waals surface area contributed by atoms with E-state index in [1.165, 1.54) is 5.56 Å². The SMILES string of the molecule is COC=C(c1ccccn1)C1CCN(C(=O)C2CCN(Cc3ccnc(N)c3)CC2)CC1. The van der Waals surface area contributed by atoms with E-state index in [2.05, 4.69) is 19.8 Å². The lowest BCUT2D eigenvalue weighted by Crippen LogP contribution is -2.45. The zero-order valence-electron chi connectivity index (χ0n) is 18.8. The van der Waals surface area contributed by atoms with Crippen molar-refractivity contribution in [1.29, 1.82) is 0 Å². The number of methoxy groups -OCH3 is 1. The molecule has 2 aliphatic heterocycles. The highest BCUT2D eigenvalue weighted by Crippen LogP contribution is 2.32. The summed E-state index contributed by atoms with van der Waals surface area (Å²) < 4.78 is 5.34. The number of nitrogens with zero attached hydrogens (tertiary/aromatic N) is 4. The van der Waals surface area contributed by atoms with Gasteiger partial charge in [-0.15, -0.1) is 0 Å². The molecule has 0 spiro atoms. The zero-order chi connectivity index (χ0) is 22.3. The molecule has 2 fully saturated rings. The van der Waals surface area contributed by atoms with Crippen LogP contribution in [0.25, 0.3) is 5.57 Å². The van der Waals surface area contributed by atoms with E-state index in [1.807, 2.05) is 42.8 Å². The van der Waals surface area contributed by atoms with E-state index in [0.29, 0.717) is 17.6 Å². The van der Waals surface area contributed by atoms with Crippen LogP contribution in [0.4, 0.5) is 5.82 Å². The summed E-state index contributed by atoms with van der Waals surface area (Å²) in [5.41, 5.74) is 9.06. The Morgan fingerprint density at radius 3 is 2.47 bits per heavy atom. The molecule has 4 rings (SSSR count).